The van der Waals surface area contributed by atoms with Crippen molar-refractivity contribution in [2.45, 2.75) is 26.0 Å². The minimum Gasteiger partial charge on any atom is -0.389 e. The Kier molecular flexibility index (Phi) is 6.10. The maximum Gasteiger partial charge on any atom is 0.218 e. The highest BCUT2D eigenvalue weighted by molar-refractivity contribution is 7.88. The molecule has 0 aromatic heterocycles. The number of sulfonamides is 1. The van der Waals surface area contributed by atoms with Gasteiger partial charge in [0, 0.05) is 19.2 Å². The number of thiocarbonyl (C=S) groups is 1. The van der Waals surface area contributed by atoms with Gasteiger partial charge in [0.15, 0.2) is 0 Å². The molecule has 0 aliphatic carbocycles. The van der Waals surface area contributed by atoms with Gasteiger partial charge in [-0.25, -0.2) is 12.7 Å². The first-order valence-corrected chi connectivity index (χ1v) is 8.57. The van der Waals surface area contributed by atoms with Gasteiger partial charge >= 0.3 is 0 Å². The average Bonchev–Trinajstić information content (AvgIpc) is 2.35. The minimum atomic E-state index is -3.35. The van der Waals surface area contributed by atoms with Crippen molar-refractivity contribution in [1.82, 2.24) is 4.31 Å². The van der Waals surface area contributed by atoms with Gasteiger partial charge in [-0.1, -0.05) is 50.3 Å². The molecule has 0 fully saturated rings. The number of hydrogen-bond acceptors (Lipinski definition) is 3. The molecule has 0 atom stereocenters. The lowest BCUT2D eigenvalue weighted by molar-refractivity contribution is 0.427. The normalized spacial score (nSPS) is 12.1. The fraction of sp³-hybridized carbons (Fsp3) is 0.500. The lowest BCUT2D eigenvalue weighted by Crippen LogP contribution is -2.30. The molecule has 0 saturated heterocycles. The number of nitrogens with two attached hydrogens (primary N) is 1. The van der Waals surface area contributed by atoms with Gasteiger partial charge < -0.3 is 5.73 Å². The predicted molar refractivity (Wildman–Crippen MR) is 87.0 cm³/mol. The van der Waals surface area contributed by atoms with Crippen molar-refractivity contribution in [2.75, 3.05) is 13.6 Å². The quantitative estimate of drug-likeness (QED) is 0.783. The van der Waals surface area contributed by atoms with Crippen LogP contribution in [0, 0.1) is 5.92 Å². The number of hydrogen-bond donors (Lipinski definition) is 1. The molecule has 0 spiro atoms. The molecule has 0 aliphatic rings. The molecule has 1 aromatic rings. The Bertz CT molecular complexity index is 568. The summed E-state index contributed by atoms with van der Waals surface area (Å²) in [5, 5.41) is 0. The molecule has 0 aliphatic heterocycles. The van der Waals surface area contributed by atoms with Crippen molar-refractivity contribution in [1.29, 1.82) is 0 Å². The lowest BCUT2D eigenvalue weighted by atomic mass is 10.1. The summed E-state index contributed by atoms with van der Waals surface area (Å²) in [6, 6.07) is 7.09. The molecule has 0 radical (unpaired) electrons. The summed E-state index contributed by atoms with van der Waals surface area (Å²) < 4.78 is 26.1. The van der Waals surface area contributed by atoms with E-state index < -0.39 is 10.0 Å². The Balaban J connectivity index is 2.89. The Morgan fingerprint density at radius 2 is 1.95 bits per heavy atom. The molecule has 4 nitrogen and oxygen atoms in total. The van der Waals surface area contributed by atoms with Crippen LogP contribution >= 0.6 is 12.2 Å². The molecule has 1 rings (SSSR count). The van der Waals surface area contributed by atoms with Gasteiger partial charge in [-0.05, 0) is 17.9 Å². The van der Waals surface area contributed by atoms with Gasteiger partial charge in [0.2, 0.25) is 10.0 Å². The summed E-state index contributed by atoms with van der Waals surface area (Å²) in [6.07, 6.45) is 0.840. The standard InChI is InChI=1S/C14H22N2O2S2/c1-11(2)8-9-16(3)20(17,18)10-12-6-4-5-7-13(12)14(15)19/h4-7,11H,8-10H2,1-3H3,(H2,15,19). The van der Waals surface area contributed by atoms with E-state index in [9.17, 15) is 8.42 Å². The van der Waals surface area contributed by atoms with Crippen LogP contribution in [0.25, 0.3) is 0 Å². The highest BCUT2D eigenvalue weighted by Crippen LogP contribution is 2.15. The summed E-state index contributed by atoms with van der Waals surface area (Å²) in [6.45, 7) is 4.67. The smallest absolute Gasteiger partial charge is 0.218 e. The van der Waals surface area contributed by atoms with Crippen LogP contribution in [0.3, 0.4) is 0 Å². The van der Waals surface area contributed by atoms with Crippen molar-refractivity contribution in [3.05, 3.63) is 35.4 Å². The summed E-state index contributed by atoms with van der Waals surface area (Å²) >= 11 is 4.96. The SMILES string of the molecule is CC(C)CCN(C)S(=O)(=O)Cc1ccccc1C(N)=S. The number of benzene rings is 1. The van der Waals surface area contributed by atoms with Crippen molar-refractivity contribution in [3.63, 3.8) is 0 Å². The fourth-order valence-electron chi connectivity index (χ4n) is 1.77. The van der Waals surface area contributed by atoms with Crippen LogP contribution in [0.1, 0.15) is 31.4 Å². The van der Waals surface area contributed by atoms with Crippen LogP contribution in [0.15, 0.2) is 24.3 Å². The molecule has 6 heteroatoms. The lowest BCUT2D eigenvalue weighted by Gasteiger charge is -2.19. The van der Waals surface area contributed by atoms with E-state index in [1.54, 1.807) is 31.3 Å². The second kappa shape index (κ2) is 7.15. The summed E-state index contributed by atoms with van der Waals surface area (Å²) in [5.41, 5.74) is 6.91. The largest absolute Gasteiger partial charge is 0.389 e. The molecule has 112 valence electrons. The third-order valence-corrected chi connectivity index (χ3v) is 5.14. The highest BCUT2D eigenvalue weighted by Gasteiger charge is 2.20. The molecule has 2 N–H and O–H groups in total. The Morgan fingerprint density at radius 1 is 1.35 bits per heavy atom. The first-order chi connectivity index (χ1) is 9.24. The van der Waals surface area contributed by atoms with Crippen LogP contribution in [0.5, 0.6) is 0 Å². The number of rotatable bonds is 7. The van der Waals surface area contributed by atoms with Gasteiger partial charge in [-0.2, -0.15) is 0 Å². The second-order valence-electron chi connectivity index (χ2n) is 5.28. The van der Waals surface area contributed by atoms with Gasteiger partial charge in [-0.3, -0.25) is 0 Å². The van der Waals surface area contributed by atoms with E-state index >= 15 is 0 Å². The third-order valence-electron chi connectivity index (χ3n) is 3.12. The van der Waals surface area contributed by atoms with Crippen molar-refractivity contribution < 1.29 is 8.42 Å². The van der Waals surface area contributed by atoms with Gasteiger partial charge in [0.1, 0.15) is 4.99 Å². The van der Waals surface area contributed by atoms with Gasteiger partial charge in [-0.15, -0.1) is 0 Å². The number of nitrogens with zero attached hydrogens (tertiary/aromatic N) is 1. The molecular formula is C14H22N2O2S2. The van der Waals surface area contributed by atoms with Crippen molar-refractivity contribution in [3.8, 4) is 0 Å². The Labute approximate surface area is 127 Å². The first kappa shape index (κ1) is 17.1. The molecule has 0 heterocycles. The van der Waals surface area contributed by atoms with Gasteiger partial charge in [0.05, 0.1) is 5.75 Å². The van der Waals surface area contributed by atoms with E-state index in [2.05, 4.69) is 13.8 Å². The summed E-state index contributed by atoms with van der Waals surface area (Å²) in [5.74, 6) is 0.395. The van der Waals surface area contributed by atoms with Crippen LogP contribution < -0.4 is 5.73 Å². The van der Waals surface area contributed by atoms with E-state index in [0.29, 0.717) is 23.6 Å². The molecule has 0 saturated carbocycles. The zero-order chi connectivity index (χ0) is 15.3. The first-order valence-electron chi connectivity index (χ1n) is 6.55. The monoisotopic (exact) mass is 314 g/mol. The van der Waals surface area contributed by atoms with E-state index in [1.807, 2.05) is 0 Å². The van der Waals surface area contributed by atoms with Gasteiger partial charge in [0.25, 0.3) is 0 Å². The Morgan fingerprint density at radius 3 is 2.50 bits per heavy atom. The molecule has 1 aromatic carbocycles. The van der Waals surface area contributed by atoms with Crippen LogP contribution in [-0.2, 0) is 15.8 Å². The van der Waals surface area contributed by atoms with E-state index in [0.717, 1.165) is 6.42 Å². The molecule has 20 heavy (non-hydrogen) atoms. The zero-order valence-corrected chi connectivity index (χ0v) is 13.8. The third kappa shape index (κ3) is 4.85. The van der Waals surface area contributed by atoms with Crippen LogP contribution in [0.4, 0.5) is 0 Å². The van der Waals surface area contributed by atoms with Crippen LogP contribution in [0.2, 0.25) is 0 Å². The summed E-state index contributed by atoms with van der Waals surface area (Å²) in [4.78, 5) is 0.223. The molecular weight excluding hydrogens is 292 g/mol. The van der Waals surface area contributed by atoms with Crippen molar-refractivity contribution >= 4 is 27.2 Å². The predicted octanol–water partition coefficient (Wildman–Crippen LogP) is 2.13. The molecule has 0 unspecified atom stereocenters. The molecule has 0 amide bonds. The van der Waals surface area contributed by atoms with E-state index in [4.69, 9.17) is 18.0 Å². The zero-order valence-electron chi connectivity index (χ0n) is 12.2. The van der Waals surface area contributed by atoms with Crippen molar-refractivity contribution in [2.24, 2.45) is 11.7 Å². The van der Waals surface area contributed by atoms with E-state index in [1.165, 1.54) is 4.31 Å². The summed E-state index contributed by atoms with van der Waals surface area (Å²) in [7, 11) is -1.73. The fourth-order valence-corrected chi connectivity index (χ4v) is 3.22. The maximum absolute atomic E-state index is 12.3. The Hall–Kier alpha value is -0.980. The van der Waals surface area contributed by atoms with Crippen LogP contribution in [-0.4, -0.2) is 31.3 Å². The topological polar surface area (TPSA) is 63.4 Å². The average molecular weight is 314 g/mol. The maximum atomic E-state index is 12.3. The second-order valence-corrected chi connectivity index (χ2v) is 7.80. The van der Waals surface area contributed by atoms with E-state index in [-0.39, 0.29) is 10.7 Å². The molecule has 0 bridgehead atoms. The highest BCUT2D eigenvalue weighted by atomic mass is 32.2. The minimum absolute atomic E-state index is 0.0743.